The highest BCUT2D eigenvalue weighted by atomic mass is 19.1. The lowest BCUT2D eigenvalue weighted by atomic mass is 9.68. The molecule has 3 saturated carbocycles. The monoisotopic (exact) mass is 384 g/mol. The number of carbonyl (C=O) groups is 1. The Labute approximate surface area is 162 Å². The number of amides is 1. The Morgan fingerprint density at radius 2 is 1.96 bits per heavy atom. The number of fused-ring (bicyclic) bond motifs is 1. The van der Waals surface area contributed by atoms with Gasteiger partial charge in [0.15, 0.2) is 0 Å². The van der Waals surface area contributed by atoms with E-state index in [4.69, 9.17) is 0 Å². The first kappa shape index (κ1) is 17.5. The topological polar surface area (TPSA) is 50.5 Å². The van der Waals surface area contributed by atoms with Crippen molar-refractivity contribution in [3.8, 4) is 0 Å². The molecule has 4 aliphatic rings. The molecule has 2 bridgehead atoms. The van der Waals surface area contributed by atoms with Crippen molar-refractivity contribution < 1.29 is 13.6 Å². The van der Waals surface area contributed by atoms with Crippen molar-refractivity contribution in [3.63, 3.8) is 0 Å². The average molecular weight is 384 g/mol. The van der Waals surface area contributed by atoms with E-state index in [1.807, 2.05) is 23.9 Å². The molecule has 1 aromatic carbocycles. The maximum Gasteiger partial charge on any atom is 0.249 e. The van der Waals surface area contributed by atoms with Gasteiger partial charge in [-0.05, 0) is 61.8 Å². The zero-order chi connectivity index (χ0) is 19.5. The van der Waals surface area contributed by atoms with Crippen LogP contribution in [0.4, 0.5) is 8.78 Å². The molecule has 1 amide bonds. The van der Waals surface area contributed by atoms with E-state index in [1.54, 1.807) is 6.21 Å². The quantitative estimate of drug-likeness (QED) is 0.804. The van der Waals surface area contributed by atoms with Crippen molar-refractivity contribution >= 4 is 12.1 Å². The predicted molar refractivity (Wildman–Crippen MR) is 99.3 cm³/mol. The van der Waals surface area contributed by atoms with Gasteiger partial charge in [-0.15, -0.1) is 0 Å². The lowest BCUT2D eigenvalue weighted by molar-refractivity contribution is -0.148. The molecule has 2 unspecified atom stereocenters. The first-order valence-electron chi connectivity index (χ1n) is 9.76. The largest absolute Gasteiger partial charge is 0.272 e. The van der Waals surface area contributed by atoms with E-state index in [-0.39, 0.29) is 11.3 Å². The van der Waals surface area contributed by atoms with E-state index in [2.05, 4.69) is 10.2 Å². The summed E-state index contributed by atoms with van der Waals surface area (Å²) in [6.45, 7) is 2.80. The molecule has 28 heavy (non-hydrogen) atoms. The zero-order valence-corrected chi connectivity index (χ0v) is 15.7. The van der Waals surface area contributed by atoms with Crippen molar-refractivity contribution in [3.05, 3.63) is 53.4 Å². The number of rotatable bonds is 4. The second-order valence-corrected chi connectivity index (χ2v) is 8.49. The van der Waals surface area contributed by atoms with Crippen molar-refractivity contribution in [2.75, 3.05) is 0 Å². The molecule has 7 heteroatoms. The molecule has 3 fully saturated rings. The number of benzene rings is 1. The van der Waals surface area contributed by atoms with Gasteiger partial charge >= 0.3 is 0 Å². The Bertz CT molecular complexity index is 943. The van der Waals surface area contributed by atoms with Crippen LogP contribution in [0.15, 0.2) is 35.6 Å². The van der Waals surface area contributed by atoms with E-state index in [1.165, 1.54) is 17.1 Å². The predicted octanol–water partition coefficient (Wildman–Crippen LogP) is 3.85. The van der Waals surface area contributed by atoms with Gasteiger partial charge in [0.25, 0.3) is 0 Å². The SMILES string of the molecule is Cc1ccn(CC2CC3(C(=O)N4N=CCC4c4cc(F)cc(F)c4)CC2C3)n1. The van der Waals surface area contributed by atoms with E-state index in [9.17, 15) is 13.6 Å². The van der Waals surface area contributed by atoms with E-state index >= 15 is 0 Å². The van der Waals surface area contributed by atoms with Gasteiger partial charge in [-0.25, -0.2) is 13.8 Å². The number of carbonyl (C=O) groups excluding carboxylic acids is 1. The molecule has 146 valence electrons. The molecule has 5 nitrogen and oxygen atoms in total. The molecule has 0 saturated heterocycles. The van der Waals surface area contributed by atoms with Crippen LogP contribution in [0.25, 0.3) is 0 Å². The summed E-state index contributed by atoms with van der Waals surface area (Å²) in [5, 5.41) is 10.2. The first-order valence-corrected chi connectivity index (χ1v) is 9.76. The number of hydrogen-bond acceptors (Lipinski definition) is 3. The fraction of sp³-hybridized carbons (Fsp3) is 0.476. The van der Waals surface area contributed by atoms with E-state index in [0.29, 0.717) is 23.8 Å². The molecule has 1 aliphatic heterocycles. The van der Waals surface area contributed by atoms with Gasteiger partial charge in [-0.1, -0.05) is 0 Å². The van der Waals surface area contributed by atoms with Crippen molar-refractivity contribution in [1.82, 2.24) is 14.8 Å². The number of halogens is 2. The second kappa shape index (κ2) is 6.22. The van der Waals surface area contributed by atoms with Gasteiger partial charge in [0.2, 0.25) is 5.91 Å². The molecule has 2 atom stereocenters. The molecule has 3 aliphatic carbocycles. The molecule has 0 spiro atoms. The third kappa shape index (κ3) is 2.75. The number of hydrogen-bond donors (Lipinski definition) is 0. The first-order chi connectivity index (χ1) is 13.4. The Morgan fingerprint density at radius 3 is 2.64 bits per heavy atom. The van der Waals surface area contributed by atoms with Gasteiger partial charge in [0.05, 0.1) is 17.2 Å². The molecule has 2 aromatic rings. The molecular formula is C21H22F2N4O. The van der Waals surface area contributed by atoms with Crippen LogP contribution in [0.1, 0.15) is 43.0 Å². The Hall–Kier alpha value is -2.57. The van der Waals surface area contributed by atoms with Crippen LogP contribution in [0.3, 0.4) is 0 Å². The fourth-order valence-corrected chi connectivity index (χ4v) is 5.29. The third-order valence-electron chi connectivity index (χ3n) is 6.58. The van der Waals surface area contributed by atoms with Gasteiger partial charge in [0, 0.05) is 31.4 Å². The average Bonchev–Trinajstić information content (AvgIpc) is 3.36. The summed E-state index contributed by atoms with van der Waals surface area (Å²) in [7, 11) is 0. The van der Waals surface area contributed by atoms with Crippen molar-refractivity contribution in [2.45, 2.75) is 45.2 Å². The van der Waals surface area contributed by atoms with Gasteiger partial charge in [-0.3, -0.25) is 9.48 Å². The normalized spacial score (nSPS) is 30.7. The Morgan fingerprint density at radius 1 is 1.21 bits per heavy atom. The highest BCUT2D eigenvalue weighted by molar-refractivity contribution is 5.86. The van der Waals surface area contributed by atoms with E-state index in [0.717, 1.165) is 37.6 Å². The number of hydrazone groups is 1. The maximum atomic E-state index is 13.7. The highest BCUT2D eigenvalue weighted by Gasteiger charge is 2.61. The molecular weight excluding hydrogens is 362 g/mol. The van der Waals surface area contributed by atoms with E-state index < -0.39 is 17.7 Å². The standard InChI is InChI=1S/C21H22F2N4O/c1-13-3-5-26(25-13)12-16-11-21(9-15(16)10-21)20(28)27-19(2-4-24-27)14-6-17(22)8-18(23)7-14/h3-8,15-16,19H,2,9-12H2,1H3. The summed E-state index contributed by atoms with van der Waals surface area (Å²) in [6.07, 6.45) is 6.69. The van der Waals surface area contributed by atoms with Crippen LogP contribution < -0.4 is 0 Å². The Kier molecular flexibility index (Phi) is 3.89. The lowest BCUT2D eigenvalue weighted by Gasteiger charge is -2.40. The zero-order valence-electron chi connectivity index (χ0n) is 15.7. The summed E-state index contributed by atoms with van der Waals surface area (Å²) in [5.74, 6) is -0.311. The molecule has 0 radical (unpaired) electrons. The van der Waals surface area contributed by atoms with Gasteiger partial charge in [0.1, 0.15) is 11.6 Å². The maximum absolute atomic E-state index is 13.7. The van der Waals surface area contributed by atoms with Crippen LogP contribution in [-0.2, 0) is 11.3 Å². The van der Waals surface area contributed by atoms with Crippen LogP contribution in [0, 0.1) is 35.8 Å². The number of nitrogens with zero attached hydrogens (tertiary/aromatic N) is 4. The third-order valence-corrected chi connectivity index (χ3v) is 6.58. The van der Waals surface area contributed by atoms with Gasteiger partial charge < -0.3 is 0 Å². The van der Waals surface area contributed by atoms with Crippen LogP contribution in [0.5, 0.6) is 0 Å². The Balaban J connectivity index is 1.33. The summed E-state index contributed by atoms with van der Waals surface area (Å²) >= 11 is 0. The highest BCUT2D eigenvalue weighted by Crippen LogP contribution is 2.63. The second-order valence-electron chi connectivity index (χ2n) is 8.49. The molecule has 1 aromatic heterocycles. The minimum atomic E-state index is -0.633. The lowest BCUT2D eigenvalue weighted by Crippen LogP contribution is -2.45. The van der Waals surface area contributed by atoms with Gasteiger partial charge in [-0.2, -0.15) is 10.2 Å². The summed E-state index contributed by atoms with van der Waals surface area (Å²) < 4.78 is 29.3. The molecule has 2 heterocycles. The summed E-state index contributed by atoms with van der Waals surface area (Å²) in [6, 6.07) is 4.99. The number of aromatic nitrogens is 2. The molecule has 0 N–H and O–H groups in total. The fourth-order valence-electron chi connectivity index (χ4n) is 5.29. The molecule has 6 rings (SSSR count). The van der Waals surface area contributed by atoms with Crippen molar-refractivity contribution in [2.24, 2.45) is 22.4 Å². The minimum Gasteiger partial charge on any atom is -0.272 e. The van der Waals surface area contributed by atoms with Crippen LogP contribution >= 0.6 is 0 Å². The smallest absolute Gasteiger partial charge is 0.249 e. The number of aryl methyl sites for hydroxylation is 1. The van der Waals surface area contributed by atoms with Crippen LogP contribution in [0.2, 0.25) is 0 Å². The van der Waals surface area contributed by atoms with Crippen molar-refractivity contribution in [1.29, 1.82) is 0 Å². The summed E-state index contributed by atoms with van der Waals surface area (Å²) in [5.41, 5.74) is 1.06. The van der Waals surface area contributed by atoms with Crippen LogP contribution in [-0.4, -0.2) is 26.9 Å². The minimum absolute atomic E-state index is 0.00804. The summed E-state index contributed by atoms with van der Waals surface area (Å²) in [4.78, 5) is 13.4.